The molecular formula is C56H52F2N8O7. The highest BCUT2D eigenvalue weighted by atomic mass is 19.3. The second-order valence-electron chi connectivity index (χ2n) is 18.2. The molecule has 0 aliphatic carbocycles. The van der Waals surface area contributed by atoms with Crippen LogP contribution in [0.4, 0.5) is 41.1 Å². The van der Waals surface area contributed by atoms with Gasteiger partial charge in [-0.1, -0.05) is 48.5 Å². The van der Waals surface area contributed by atoms with Crippen LogP contribution in [-0.4, -0.2) is 39.6 Å². The molecule has 15 nitrogen and oxygen atoms in total. The van der Waals surface area contributed by atoms with E-state index in [0.717, 1.165) is 5.56 Å². The number of benzene rings is 4. The lowest BCUT2D eigenvalue weighted by molar-refractivity contribution is 0.0566. The van der Waals surface area contributed by atoms with Gasteiger partial charge in [-0.3, -0.25) is 24.6 Å². The van der Waals surface area contributed by atoms with Crippen LogP contribution in [-0.2, 0) is 35.8 Å². The average Bonchev–Trinajstić information content (AvgIpc) is 3.36. The molecule has 0 unspecified atom stereocenters. The molecule has 0 aliphatic heterocycles. The van der Waals surface area contributed by atoms with Crippen molar-refractivity contribution in [3.8, 4) is 23.6 Å². The van der Waals surface area contributed by atoms with E-state index < -0.39 is 29.8 Å². The van der Waals surface area contributed by atoms with E-state index in [2.05, 4.69) is 25.7 Å². The van der Waals surface area contributed by atoms with E-state index in [0.29, 0.717) is 62.7 Å². The first-order chi connectivity index (χ1) is 34.7. The molecule has 0 atom stereocenters. The van der Waals surface area contributed by atoms with E-state index in [-0.39, 0.29) is 54.4 Å². The largest absolute Gasteiger partial charge is 0.486 e. The Morgan fingerprint density at radius 3 is 1.40 bits per heavy atom. The summed E-state index contributed by atoms with van der Waals surface area (Å²) in [5.41, 5.74) is 3.95. The third-order valence-corrected chi connectivity index (χ3v) is 10.4. The van der Waals surface area contributed by atoms with Crippen molar-refractivity contribution >= 4 is 41.2 Å². The monoisotopic (exact) mass is 986 g/mol. The Bertz CT molecular complexity index is 3090. The Hall–Kier alpha value is -9.19. The number of aromatic nitrogens is 2. The zero-order chi connectivity index (χ0) is 53.5. The Labute approximate surface area is 423 Å². The molecule has 0 spiro atoms. The molecule has 0 radical (unpaired) electrons. The van der Waals surface area contributed by atoms with Crippen LogP contribution in [0.5, 0.6) is 11.5 Å². The number of alkyl halides is 2. The van der Waals surface area contributed by atoms with Crippen LogP contribution >= 0.6 is 0 Å². The van der Waals surface area contributed by atoms with Crippen LogP contribution in [0.2, 0.25) is 0 Å². The normalized spacial score (nSPS) is 10.8. The number of nitriles is 2. The van der Waals surface area contributed by atoms with E-state index in [9.17, 15) is 23.2 Å². The number of rotatable bonds is 14. The van der Waals surface area contributed by atoms with Gasteiger partial charge in [0.1, 0.15) is 30.2 Å². The second kappa shape index (κ2) is 24.6. The molecule has 2 amide bonds. The van der Waals surface area contributed by atoms with E-state index in [1.165, 1.54) is 34.3 Å². The van der Waals surface area contributed by atoms with Gasteiger partial charge in [-0.25, -0.2) is 28.1 Å². The molecule has 0 N–H and O–H groups in total. The summed E-state index contributed by atoms with van der Waals surface area (Å²) in [5.74, 6) is 0.256. The highest BCUT2D eigenvalue weighted by molar-refractivity contribution is 5.90. The van der Waals surface area contributed by atoms with Crippen molar-refractivity contribution in [3.05, 3.63) is 188 Å². The van der Waals surface area contributed by atoms with Crippen molar-refractivity contribution in [2.45, 2.75) is 99.3 Å². The predicted molar refractivity (Wildman–Crippen MR) is 270 cm³/mol. The lowest BCUT2D eigenvalue weighted by Crippen LogP contribution is -2.36. The van der Waals surface area contributed by atoms with Crippen molar-refractivity contribution in [2.75, 3.05) is 9.80 Å². The van der Waals surface area contributed by atoms with Crippen LogP contribution < -0.4 is 19.3 Å². The zero-order valence-electron chi connectivity index (χ0n) is 41.6. The number of carbonyl (C=O) groups is 3. The van der Waals surface area contributed by atoms with Crippen LogP contribution in [0.25, 0.3) is 9.69 Å². The fourth-order valence-corrected chi connectivity index (χ4v) is 6.85. The van der Waals surface area contributed by atoms with Gasteiger partial charge in [0.05, 0.1) is 72.0 Å². The minimum atomic E-state index is -2.90. The fourth-order valence-electron chi connectivity index (χ4n) is 6.85. The van der Waals surface area contributed by atoms with Gasteiger partial charge in [0.15, 0.2) is 23.4 Å². The maximum atomic E-state index is 14.4. The minimum absolute atomic E-state index is 0.00176. The molecule has 372 valence electrons. The smallest absolute Gasteiger partial charge is 0.415 e. The predicted octanol–water partition coefficient (Wildman–Crippen LogP) is 13.4. The Kier molecular flexibility index (Phi) is 18.4. The molecule has 0 bridgehead atoms. The van der Waals surface area contributed by atoms with Gasteiger partial charge in [0, 0.05) is 34.9 Å². The minimum Gasteiger partial charge on any atom is -0.486 e. The van der Waals surface area contributed by atoms with Gasteiger partial charge in [0.2, 0.25) is 0 Å². The molecule has 0 fully saturated rings. The number of hydrogen-bond acceptors (Lipinski definition) is 11. The van der Waals surface area contributed by atoms with Crippen molar-refractivity contribution in [2.24, 2.45) is 0 Å². The SMILES string of the molecule is [C-]#[N+]c1ccc(COc2c(C)ncc(CN(C(=O)OC(C)(C)C)c3ccc(C#N)cc3)c2C(F)F)cc1.[C-]#[N+]c1ccc(COc2c(C)ncc(CN(C(=O)OC(C)(C)C)c3ccc(C#N)cc3)c2C=O)cc1. The van der Waals surface area contributed by atoms with Gasteiger partial charge in [-0.05, 0) is 115 Å². The highest BCUT2D eigenvalue weighted by Gasteiger charge is 2.29. The molecule has 0 aliphatic rings. The number of anilines is 2. The van der Waals surface area contributed by atoms with E-state index in [1.54, 1.807) is 140 Å². The van der Waals surface area contributed by atoms with Crippen molar-refractivity contribution in [1.82, 2.24) is 9.97 Å². The van der Waals surface area contributed by atoms with Crippen LogP contribution in [0.1, 0.15) is 109 Å². The highest BCUT2D eigenvalue weighted by Crippen LogP contribution is 2.37. The van der Waals surface area contributed by atoms with Crippen molar-refractivity contribution < 1.29 is 42.1 Å². The summed E-state index contributed by atoms with van der Waals surface area (Å²) in [6.07, 6.45) is -0.717. The third kappa shape index (κ3) is 15.4. The molecule has 6 aromatic rings. The molecule has 73 heavy (non-hydrogen) atoms. The van der Waals surface area contributed by atoms with Gasteiger partial charge >= 0.3 is 12.2 Å². The summed E-state index contributed by atoms with van der Waals surface area (Å²) in [6.45, 7) is 27.7. The molecule has 0 saturated heterocycles. The summed E-state index contributed by atoms with van der Waals surface area (Å²) in [6, 6.07) is 30.3. The maximum Gasteiger partial charge on any atom is 0.415 e. The first-order valence-electron chi connectivity index (χ1n) is 22.6. The number of ether oxygens (including phenoxy) is 4. The summed E-state index contributed by atoms with van der Waals surface area (Å²) in [7, 11) is 0. The van der Waals surface area contributed by atoms with Crippen LogP contribution in [0, 0.1) is 49.7 Å². The molecule has 2 heterocycles. The Morgan fingerprint density at radius 1 is 0.644 bits per heavy atom. The van der Waals surface area contributed by atoms with Gasteiger partial charge in [0.25, 0.3) is 6.43 Å². The number of pyridine rings is 2. The lowest BCUT2D eigenvalue weighted by Gasteiger charge is -2.28. The number of hydrogen-bond donors (Lipinski definition) is 0. The topological polar surface area (TPSA) is 177 Å². The quantitative estimate of drug-likeness (QED) is 0.0749. The van der Waals surface area contributed by atoms with Crippen LogP contribution in [0.15, 0.2) is 109 Å². The lowest BCUT2D eigenvalue weighted by atomic mass is 10.1. The Balaban J connectivity index is 0.000000271. The molecule has 17 heteroatoms. The molecule has 2 aromatic heterocycles. The number of halogens is 2. The van der Waals surface area contributed by atoms with Gasteiger partial charge < -0.3 is 18.9 Å². The number of aldehydes is 1. The number of aryl methyl sites for hydroxylation is 2. The maximum absolute atomic E-state index is 14.4. The molecule has 0 saturated carbocycles. The first kappa shape index (κ1) is 54.7. The molecule has 6 rings (SSSR count). The summed E-state index contributed by atoms with van der Waals surface area (Å²) >= 11 is 0. The van der Waals surface area contributed by atoms with E-state index >= 15 is 0 Å². The number of amides is 2. The molecule has 4 aromatic carbocycles. The second-order valence-corrected chi connectivity index (χ2v) is 18.2. The summed E-state index contributed by atoms with van der Waals surface area (Å²) in [5, 5.41) is 18.2. The number of nitrogens with zero attached hydrogens (tertiary/aromatic N) is 8. The summed E-state index contributed by atoms with van der Waals surface area (Å²) in [4.78, 5) is 56.3. The Morgan fingerprint density at radius 2 is 1.03 bits per heavy atom. The van der Waals surface area contributed by atoms with Gasteiger partial charge in [-0.2, -0.15) is 10.5 Å². The fraction of sp³-hybridized carbons (Fsp3) is 0.268. The third-order valence-electron chi connectivity index (χ3n) is 10.4. The zero-order valence-corrected chi connectivity index (χ0v) is 41.6. The van der Waals surface area contributed by atoms with E-state index in [1.807, 2.05) is 6.07 Å². The van der Waals surface area contributed by atoms with Crippen molar-refractivity contribution in [1.29, 1.82) is 10.5 Å². The first-order valence-corrected chi connectivity index (χ1v) is 22.6. The van der Waals surface area contributed by atoms with Crippen LogP contribution in [0.3, 0.4) is 0 Å². The molecular weight excluding hydrogens is 935 g/mol. The number of carbonyl (C=O) groups excluding carboxylic acids is 3. The standard InChI is InChI=1S/C28H26F2N4O3.C28H26N4O4/c1-18-25(36-17-20-6-10-22(32-5)11-7-20)24(26(29)30)21(15-33-18)16-34(27(35)37-28(2,3)4)23-12-8-19(14-31)9-13-23;1-19-26(35-18-21-6-10-23(30-5)11-7-21)25(17-33)22(15-31-19)16-32(27(34)36-28(2,3)4)24-12-8-20(14-29)9-13-24/h6-13,15,26H,16-17H2,1-4H3;6-13,15,17H,16,18H2,1-4H3. The van der Waals surface area contributed by atoms with E-state index in [4.69, 9.17) is 42.6 Å². The average molecular weight is 987 g/mol. The van der Waals surface area contributed by atoms with Crippen molar-refractivity contribution in [3.63, 3.8) is 0 Å². The van der Waals surface area contributed by atoms with Gasteiger partial charge in [-0.15, -0.1) is 0 Å². The summed E-state index contributed by atoms with van der Waals surface area (Å²) < 4.78 is 51.7.